The summed E-state index contributed by atoms with van der Waals surface area (Å²) in [5.41, 5.74) is 0.972. The third kappa shape index (κ3) is 4.81. The first-order valence-corrected chi connectivity index (χ1v) is 8.52. The SMILES string of the molecule is CN(CCc1ccccn1)C(=O)N[C@@H](C(=O)O)C(C)(C)c1ccccc1. The van der Waals surface area contributed by atoms with Crippen molar-refractivity contribution in [1.29, 1.82) is 0 Å². The number of amides is 2. The molecule has 2 amide bonds. The highest BCUT2D eigenvalue weighted by atomic mass is 16.4. The van der Waals surface area contributed by atoms with E-state index in [9.17, 15) is 14.7 Å². The van der Waals surface area contributed by atoms with Gasteiger partial charge in [0.25, 0.3) is 0 Å². The molecule has 0 aliphatic heterocycles. The number of carboxylic acid groups (broad SMARTS) is 1. The van der Waals surface area contributed by atoms with E-state index in [1.165, 1.54) is 4.90 Å². The van der Waals surface area contributed by atoms with Crippen LogP contribution in [0.5, 0.6) is 0 Å². The molecule has 6 heteroatoms. The van der Waals surface area contributed by atoms with Crippen molar-refractivity contribution in [1.82, 2.24) is 15.2 Å². The molecule has 0 fully saturated rings. The van der Waals surface area contributed by atoms with Crippen LogP contribution in [0.2, 0.25) is 0 Å². The molecular weight excluding hydrogens is 330 g/mol. The van der Waals surface area contributed by atoms with E-state index in [2.05, 4.69) is 10.3 Å². The van der Waals surface area contributed by atoms with E-state index in [4.69, 9.17) is 0 Å². The number of carbonyl (C=O) groups excluding carboxylic acids is 1. The monoisotopic (exact) mass is 355 g/mol. The van der Waals surface area contributed by atoms with Gasteiger partial charge in [-0.05, 0) is 17.7 Å². The summed E-state index contributed by atoms with van der Waals surface area (Å²) in [6, 6.07) is 13.5. The van der Waals surface area contributed by atoms with Crippen LogP contribution in [0.4, 0.5) is 4.79 Å². The van der Waals surface area contributed by atoms with E-state index in [1.54, 1.807) is 13.2 Å². The lowest BCUT2D eigenvalue weighted by atomic mass is 9.77. The Labute approximate surface area is 153 Å². The highest BCUT2D eigenvalue weighted by Crippen LogP contribution is 2.27. The number of likely N-dealkylation sites (N-methyl/N-ethyl adjacent to an activating group) is 1. The van der Waals surface area contributed by atoms with Gasteiger partial charge < -0.3 is 15.3 Å². The summed E-state index contributed by atoms with van der Waals surface area (Å²) in [5.74, 6) is -1.06. The molecular formula is C20H25N3O3. The zero-order valence-corrected chi connectivity index (χ0v) is 15.3. The fraction of sp³-hybridized carbons (Fsp3) is 0.350. The minimum Gasteiger partial charge on any atom is -0.480 e. The number of hydrogen-bond donors (Lipinski definition) is 2. The lowest BCUT2D eigenvalue weighted by Crippen LogP contribution is -2.55. The maximum absolute atomic E-state index is 12.5. The van der Waals surface area contributed by atoms with Crippen molar-refractivity contribution < 1.29 is 14.7 Å². The normalized spacial score (nSPS) is 12.3. The van der Waals surface area contributed by atoms with Gasteiger partial charge in [-0.2, -0.15) is 0 Å². The number of pyridine rings is 1. The van der Waals surface area contributed by atoms with Gasteiger partial charge in [-0.1, -0.05) is 50.2 Å². The van der Waals surface area contributed by atoms with Crippen molar-refractivity contribution >= 4 is 12.0 Å². The second-order valence-corrected chi connectivity index (χ2v) is 6.80. The number of urea groups is 1. The number of nitrogens with zero attached hydrogens (tertiary/aromatic N) is 2. The Kier molecular flexibility index (Phi) is 6.33. The molecule has 0 saturated heterocycles. The quantitative estimate of drug-likeness (QED) is 0.800. The Morgan fingerprint density at radius 2 is 1.81 bits per heavy atom. The lowest BCUT2D eigenvalue weighted by Gasteiger charge is -2.33. The van der Waals surface area contributed by atoms with E-state index in [-0.39, 0.29) is 0 Å². The highest BCUT2D eigenvalue weighted by molar-refractivity contribution is 5.84. The Morgan fingerprint density at radius 3 is 2.38 bits per heavy atom. The third-order valence-electron chi connectivity index (χ3n) is 4.53. The maximum Gasteiger partial charge on any atom is 0.327 e. The summed E-state index contributed by atoms with van der Waals surface area (Å²) < 4.78 is 0. The number of benzene rings is 1. The fourth-order valence-electron chi connectivity index (χ4n) is 2.75. The molecule has 0 saturated carbocycles. The summed E-state index contributed by atoms with van der Waals surface area (Å²) in [6.45, 7) is 4.07. The molecule has 2 N–H and O–H groups in total. The van der Waals surface area contributed by atoms with Crippen molar-refractivity contribution in [3.63, 3.8) is 0 Å². The van der Waals surface area contributed by atoms with Crippen molar-refractivity contribution in [2.45, 2.75) is 31.7 Å². The Balaban J connectivity index is 2.04. The first kappa shape index (κ1) is 19.4. The van der Waals surface area contributed by atoms with Gasteiger partial charge in [-0.25, -0.2) is 9.59 Å². The maximum atomic E-state index is 12.5. The molecule has 26 heavy (non-hydrogen) atoms. The van der Waals surface area contributed by atoms with Crippen molar-refractivity contribution in [2.24, 2.45) is 0 Å². The zero-order chi connectivity index (χ0) is 19.2. The standard InChI is InChI=1S/C20H25N3O3/c1-20(2,15-9-5-4-6-10-15)17(18(24)25)22-19(26)23(3)14-12-16-11-7-8-13-21-16/h4-11,13,17H,12,14H2,1-3H3,(H,22,26)(H,24,25)/t17-/m0/s1. The van der Waals surface area contributed by atoms with E-state index in [1.807, 2.05) is 62.4 Å². The van der Waals surface area contributed by atoms with Gasteiger partial charge in [0, 0.05) is 37.3 Å². The minimum absolute atomic E-state index is 0.419. The Bertz CT molecular complexity index is 732. The summed E-state index contributed by atoms with van der Waals surface area (Å²) >= 11 is 0. The largest absolute Gasteiger partial charge is 0.480 e. The predicted molar refractivity (Wildman–Crippen MR) is 100.0 cm³/mol. The van der Waals surface area contributed by atoms with Gasteiger partial charge >= 0.3 is 12.0 Å². The van der Waals surface area contributed by atoms with Crippen LogP contribution < -0.4 is 5.32 Å². The van der Waals surface area contributed by atoms with E-state index < -0.39 is 23.5 Å². The molecule has 0 aliphatic rings. The molecule has 1 aromatic carbocycles. The average Bonchev–Trinajstić information content (AvgIpc) is 2.65. The van der Waals surface area contributed by atoms with Gasteiger partial charge in [0.1, 0.15) is 6.04 Å². The van der Waals surface area contributed by atoms with E-state index in [0.717, 1.165) is 11.3 Å². The van der Waals surface area contributed by atoms with E-state index >= 15 is 0 Å². The van der Waals surface area contributed by atoms with Crippen molar-refractivity contribution in [3.8, 4) is 0 Å². The number of aliphatic carboxylic acids is 1. The molecule has 2 rings (SSSR count). The van der Waals surface area contributed by atoms with Gasteiger partial charge in [-0.3, -0.25) is 4.98 Å². The summed E-state index contributed by atoms with van der Waals surface area (Å²) in [6.07, 6.45) is 2.31. The smallest absolute Gasteiger partial charge is 0.327 e. The van der Waals surface area contributed by atoms with Crippen LogP contribution >= 0.6 is 0 Å². The molecule has 6 nitrogen and oxygen atoms in total. The molecule has 1 aromatic heterocycles. The van der Waals surface area contributed by atoms with Crippen molar-refractivity contribution in [2.75, 3.05) is 13.6 Å². The first-order chi connectivity index (χ1) is 12.3. The molecule has 138 valence electrons. The van der Waals surface area contributed by atoms with Gasteiger partial charge in [0.05, 0.1) is 0 Å². The van der Waals surface area contributed by atoms with Crippen LogP contribution in [0.15, 0.2) is 54.7 Å². The number of carbonyl (C=O) groups is 2. The van der Waals surface area contributed by atoms with Crippen LogP contribution in [0, 0.1) is 0 Å². The second kappa shape index (κ2) is 8.47. The van der Waals surface area contributed by atoms with Crippen LogP contribution in [0.25, 0.3) is 0 Å². The number of aromatic nitrogens is 1. The average molecular weight is 355 g/mol. The van der Waals surface area contributed by atoms with Crippen LogP contribution in [-0.2, 0) is 16.6 Å². The molecule has 2 aromatic rings. The van der Waals surface area contributed by atoms with Crippen LogP contribution in [0.1, 0.15) is 25.1 Å². The predicted octanol–water partition coefficient (Wildman–Crippen LogP) is 2.70. The second-order valence-electron chi connectivity index (χ2n) is 6.80. The number of rotatable bonds is 7. The summed E-state index contributed by atoms with van der Waals surface area (Å²) in [4.78, 5) is 30.0. The number of hydrogen-bond acceptors (Lipinski definition) is 3. The topological polar surface area (TPSA) is 82.5 Å². The third-order valence-corrected chi connectivity index (χ3v) is 4.53. The Morgan fingerprint density at radius 1 is 1.15 bits per heavy atom. The summed E-state index contributed by atoms with van der Waals surface area (Å²) in [7, 11) is 1.65. The minimum atomic E-state index is -1.06. The molecule has 0 aliphatic carbocycles. The van der Waals surface area contributed by atoms with Crippen LogP contribution in [-0.4, -0.2) is 46.6 Å². The number of carboxylic acids is 1. The molecule has 0 spiro atoms. The molecule has 0 unspecified atom stereocenters. The van der Waals surface area contributed by atoms with Crippen molar-refractivity contribution in [3.05, 3.63) is 66.0 Å². The fourth-order valence-corrected chi connectivity index (χ4v) is 2.75. The number of nitrogens with one attached hydrogen (secondary N) is 1. The van der Waals surface area contributed by atoms with Crippen LogP contribution in [0.3, 0.4) is 0 Å². The molecule has 1 atom stereocenters. The van der Waals surface area contributed by atoms with Gasteiger partial charge in [-0.15, -0.1) is 0 Å². The highest BCUT2D eigenvalue weighted by Gasteiger charge is 2.38. The summed E-state index contributed by atoms with van der Waals surface area (Å²) in [5, 5.41) is 12.3. The Hall–Kier alpha value is -2.89. The van der Waals surface area contributed by atoms with E-state index in [0.29, 0.717) is 13.0 Å². The molecule has 0 radical (unpaired) electrons. The van der Waals surface area contributed by atoms with Gasteiger partial charge in [0.2, 0.25) is 0 Å². The van der Waals surface area contributed by atoms with Gasteiger partial charge in [0.15, 0.2) is 0 Å². The first-order valence-electron chi connectivity index (χ1n) is 8.52. The lowest BCUT2D eigenvalue weighted by molar-refractivity contribution is -0.140. The molecule has 0 bridgehead atoms. The molecule has 1 heterocycles. The zero-order valence-electron chi connectivity index (χ0n) is 15.3.